The molecule has 5 heterocycles. The molecule has 0 atom stereocenters. The van der Waals surface area contributed by atoms with Crippen LogP contribution in [0.5, 0.6) is 0 Å². The van der Waals surface area contributed by atoms with E-state index in [0.29, 0.717) is 23.1 Å². The van der Waals surface area contributed by atoms with Crippen molar-refractivity contribution in [3.8, 4) is 11.4 Å². The molecule has 0 saturated carbocycles. The number of rotatable bonds is 3. The Kier molecular flexibility index (Phi) is 4.74. The van der Waals surface area contributed by atoms with Crippen LogP contribution in [-0.2, 0) is 0 Å². The molecule has 0 aromatic carbocycles. The van der Waals surface area contributed by atoms with Gasteiger partial charge in [0.1, 0.15) is 11.3 Å². The van der Waals surface area contributed by atoms with Gasteiger partial charge in [0.25, 0.3) is 5.56 Å². The van der Waals surface area contributed by atoms with E-state index in [2.05, 4.69) is 40.0 Å². The fourth-order valence-electron chi connectivity index (χ4n) is 4.47. The summed E-state index contributed by atoms with van der Waals surface area (Å²) in [5.74, 6) is 0. The number of nitrogens with zero attached hydrogens (tertiary/aromatic N) is 7. The average Bonchev–Trinajstić information content (AvgIpc) is 3.18. The van der Waals surface area contributed by atoms with Crippen molar-refractivity contribution in [3.05, 3.63) is 58.4 Å². The Morgan fingerprint density at radius 3 is 2.52 bits per heavy atom. The number of hydrogen-bond donors (Lipinski definition) is 0. The minimum absolute atomic E-state index is 0.104. The number of hydrogen-bond acceptors (Lipinski definition) is 6. The predicted octanol–water partition coefficient (Wildman–Crippen LogP) is 2.55. The summed E-state index contributed by atoms with van der Waals surface area (Å²) in [5.41, 5.74) is 5.54. The Morgan fingerprint density at radius 2 is 1.77 bits per heavy atom. The summed E-state index contributed by atoms with van der Waals surface area (Å²) in [6, 6.07) is 8.10. The van der Waals surface area contributed by atoms with E-state index in [1.54, 1.807) is 15.0 Å². The summed E-state index contributed by atoms with van der Waals surface area (Å²) in [5, 5.41) is 4.62. The van der Waals surface area contributed by atoms with Gasteiger partial charge in [0.15, 0.2) is 0 Å². The zero-order chi connectivity index (χ0) is 21.7. The van der Waals surface area contributed by atoms with Gasteiger partial charge in [-0.3, -0.25) is 14.2 Å². The fourth-order valence-corrected chi connectivity index (χ4v) is 4.47. The van der Waals surface area contributed by atoms with Crippen LogP contribution in [0.25, 0.3) is 22.6 Å². The number of anilines is 1. The second kappa shape index (κ2) is 7.46. The van der Waals surface area contributed by atoms with E-state index in [4.69, 9.17) is 4.98 Å². The standard InChI is InChI=1S/C23H27N7O/c1-15-13-30-21(16(2)24-15)11-20(26-30)19-12-23(31)29-14-18(5-6-22(29)25-19)28-9-7-17(8-10-28)27(3)4/h5-6,11-14,17H,7-10H2,1-4H3. The molecule has 0 spiro atoms. The van der Waals surface area contributed by atoms with Gasteiger partial charge in [-0.25, -0.2) is 9.50 Å². The average molecular weight is 418 g/mol. The van der Waals surface area contributed by atoms with Gasteiger partial charge in [-0.1, -0.05) is 0 Å². The number of piperidine rings is 1. The van der Waals surface area contributed by atoms with Crippen molar-refractivity contribution < 1.29 is 0 Å². The first-order valence-corrected chi connectivity index (χ1v) is 10.7. The van der Waals surface area contributed by atoms with Gasteiger partial charge in [0.05, 0.1) is 34.5 Å². The van der Waals surface area contributed by atoms with Crippen LogP contribution in [0, 0.1) is 13.8 Å². The minimum Gasteiger partial charge on any atom is -0.370 e. The Morgan fingerprint density at radius 1 is 1.00 bits per heavy atom. The lowest BCUT2D eigenvalue weighted by Crippen LogP contribution is -2.42. The molecule has 1 aliphatic heterocycles. The SMILES string of the molecule is Cc1cn2nc(-c3cc(=O)n4cc(N5CCC(N(C)C)CC5)ccc4n3)cc2c(C)n1. The maximum absolute atomic E-state index is 12.9. The molecule has 4 aromatic rings. The molecule has 1 saturated heterocycles. The fraction of sp³-hybridized carbons (Fsp3) is 0.391. The van der Waals surface area contributed by atoms with Crippen LogP contribution >= 0.6 is 0 Å². The van der Waals surface area contributed by atoms with Crippen molar-refractivity contribution in [2.45, 2.75) is 32.7 Å². The van der Waals surface area contributed by atoms with Gasteiger partial charge < -0.3 is 9.80 Å². The van der Waals surface area contributed by atoms with Crippen molar-refractivity contribution in [3.63, 3.8) is 0 Å². The molecule has 0 amide bonds. The molecule has 8 nitrogen and oxygen atoms in total. The van der Waals surface area contributed by atoms with Crippen LogP contribution in [0.4, 0.5) is 5.69 Å². The Hall–Kier alpha value is -3.26. The Labute approximate surface area is 180 Å². The highest BCUT2D eigenvalue weighted by atomic mass is 16.1. The monoisotopic (exact) mass is 417 g/mol. The minimum atomic E-state index is -0.104. The second-order valence-electron chi connectivity index (χ2n) is 8.60. The summed E-state index contributed by atoms with van der Waals surface area (Å²) < 4.78 is 3.43. The normalized spacial score (nSPS) is 15.5. The van der Waals surface area contributed by atoms with Crippen LogP contribution in [0.1, 0.15) is 24.2 Å². The molecule has 8 heteroatoms. The zero-order valence-corrected chi connectivity index (χ0v) is 18.4. The molecule has 1 aliphatic rings. The van der Waals surface area contributed by atoms with Gasteiger partial charge in [-0.05, 0) is 59.0 Å². The van der Waals surface area contributed by atoms with Gasteiger partial charge in [0, 0.05) is 31.4 Å². The molecule has 1 fully saturated rings. The third-order valence-electron chi connectivity index (χ3n) is 6.23. The van der Waals surface area contributed by atoms with Crippen molar-refractivity contribution in [1.29, 1.82) is 0 Å². The predicted molar refractivity (Wildman–Crippen MR) is 122 cm³/mol. The summed E-state index contributed by atoms with van der Waals surface area (Å²) >= 11 is 0. The highest BCUT2D eigenvalue weighted by Crippen LogP contribution is 2.23. The van der Waals surface area contributed by atoms with Crippen LogP contribution in [-0.4, -0.2) is 62.1 Å². The summed E-state index contributed by atoms with van der Waals surface area (Å²) in [6.45, 7) is 5.87. The molecule has 4 aromatic heterocycles. The molecule has 0 radical (unpaired) electrons. The van der Waals surface area contributed by atoms with E-state index >= 15 is 0 Å². The molecule has 0 N–H and O–H groups in total. The highest BCUT2D eigenvalue weighted by Gasteiger charge is 2.21. The van der Waals surface area contributed by atoms with Gasteiger partial charge in [-0.2, -0.15) is 5.10 Å². The third-order valence-corrected chi connectivity index (χ3v) is 6.23. The molecule has 5 rings (SSSR count). The topological polar surface area (TPSA) is 71.0 Å². The van der Waals surface area contributed by atoms with Crippen LogP contribution in [0.15, 0.2) is 41.5 Å². The molecular weight excluding hydrogens is 390 g/mol. The smallest absolute Gasteiger partial charge is 0.258 e. The van der Waals surface area contributed by atoms with E-state index in [-0.39, 0.29) is 5.56 Å². The van der Waals surface area contributed by atoms with E-state index in [1.807, 2.05) is 38.4 Å². The first-order valence-electron chi connectivity index (χ1n) is 10.7. The van der Waals surface area contributed by atoms with Gasteiger partial charge >= 0.3 is 0 Å². The summed E-state index contributed by atoms with van der Waals surface area (Å²) in [4.78, 5) is 26.8. The molecule has 160 valence electrons. The largest absolute Gasteiger partial charge is 0.370 e. The number of pyridine rings is 1. The maximum Gasteiger partial charge on any atom is 0.258 e. The van der Waals surface area contributed by atoms with Crippen LogP contribution < -0.4 is 10.5 Å². The van der Waals surface area contributed by atoms with Crippen molar-refractivity contribution in [1.82, 2.24) is 28.9 Å². The maximum atomic E-state index is 12.9. The van der Waals surface area contributed by atoms with Crippen molar-refractivity contribution in [2.24, 2.45) is 0 Å². The quantitative estimate of drug-likeness (QED) is 0.510. The first-order chi connectivity index (χ1) is 14.9. The Balaban J connectivity index is 1.49. The van der Waals surface area contributed by atoms with Crippen molar-refractivity contribution in [2.75, 3.05) is 32.1 Å². The van der Waals surface area contributed by atoms with Crippen LogP contribution in [0.3, 0.4) is 0 Å². The molecule has 0 unspecified atom stereocenters. The lowest BCUT2D eigenvalue weighted by atomic mass is 10.0. The van der Waals surface area contributed by atoms with Gasteiger partial charge in [-0.15, -0.1) is 0 Å². The zero-order valence-electron chi connectivity index (χ0n) is 18.4. The number of aromatic nitrogens is 5. The summed E-state index contributed by atoms with van der Waals surface area (Å²) in [7, 11) is 4.28. The van der Waals surface area contributed by atoms with Crippen molar-refractivity contribution >= 4 is 16.9 Å². The Bertz CT molecular complexity index is 1330. The highest BCUT2D eigenvalue weighted by molar-refractivity contribution is 5.66. The van der Waals surface area contributed by atoms with E-state index in [0.717, 1.165) is 48.5 Å². The van der Waals surface area contributed by atoms with E-state index < -0.39 is 0 Å². The molecule has 0 bridgehead atoms. The first kappa shape index (κ1) is 19.7. The van der Waals surface area contributed by atoms with Gasteiger partial charge in [0.2, 0.25) is 0 Å². The van der Waals surface area contributed by atoms with E-state index in [1.165, 1.54) is 0 Å². The third kappa shape index (κ3) is 3.57. The van der Waals surface area contributed by atoms with Crippen LogP contribution in [0.2, 0.25) is 0 Å². The molecule has 31 heavy (non-hydrogen) atoms. The molecular formula is C23H27N7O. The molecule has 0 aliphatic carbocycles. The number of aryl methyl sites for hydroxylation is 2. The lowest BCUT2D eigenvalue weighted by Gasteiger charge is -2.36. The second-order valence-corrected chi connectivity index (χ2v) is 8.60. The lowest BCUT2D eigenvalue weighted by molar-refractivity contribution is 0.249. The van der Waals surface area contributed by atoms with E-state index in [9.17, 15) is 4.79 Å². The summed E-state index contributed by atoms with van der Waals surface area (Å²) in [6.07, 6.45) is 6.04. The number of fused-ring (bicyclic) bond motifs is 2.